The summed E-state index contributed by atoms with van der Waals surface area (Å²) in [6, 6.07) is 6.31. The second-order valence-electron chi connectivity index (χ2n) is 7.19. The Bertz CT molecular complexity index is 1040. The van der Waals surface area contributed by atoms with Crippen molar-refractivity contribution in [3.63, 3.8) is 0 Å². The molecular formula is C20H23FN6O. The van der Waals surface area contributed by atoms with Crippen molar-refractivity contribution >= 4 is 5.91 Å². The SMILES string of the molecule is CCc1nc2n(n1)CC(NC(=O)c1ccc(-n3nc(C)cc3C)c(F)c1)CC2. The van der Waals surface area contributed by atoms with Crippen LogP contribution in [-0.4, -0.2) is 36.5 Å². The molecule has 1 amide bonds. The molecule has 28 heavy (non-hydrogen) atoms. The second kappa shape index (κ2) is 7.18. The summed E-state index contributed by atoms with van der Waals surface area (Å²) in [6.45, 7) is 6.33. The molecule has 0 radical (unpaired) electrons. The normalized spacial score (nSPS) is 16.1. The van der Waals surface area contributed by atoms with Crippen LogP contribution in [-0.2, 0) is 19.4 Å². The molecule has 4 rings (SSSR count). The molecule has 8 heteroatoms. The molecule has 0 spiro atoms. The Labute approximate surface area is 162 Å². The van der Waals surface area contributed by atoms with Gasteiger partial charge in [0.25, 0.3) is 5.91 Å². The van der Waals surface area contributed by atoms with E-state index in [1.807, 2.05) is 31.5 Å². The molecule has 7 nitrogen and oxygen atoms in total. The maximum absolute atomic E-state index is 14.6. The summed E-state index contributed by atoms with van der Waals surface area (Å²) < 4.78 is 18.0. The average Bonchev–Trinajstić information content (AvgIpc) is 3.23. The third-order valence-electron chi connectivity index (χ3n) is 5.00. The maximum Gasteiger partial charge on any atom is 0.251 e. The van der Waals surface area contributed by atoms with Gasteiger partial charge in [-0.3, -0.25) is 4.79 Å². The van der Waals surface area contributed by atoms with E-state index in [4.69, 9.17) is 0 Å². The van der Waals surface area contributed by atoms with E-state index >= 15 is 0 Å². The molecule has 1 aliphatic heterocycles. The highest BCUT2D eigenvalue weighted by Gasteiger charge is 2.23. The quantitative estimate of drug-likeness (QED) is 0.752. The molecule has 1 unspecified atom stereocenters. The molecule has 146 valence electrons. The summed E-state index contributed by atoms with van der Waals surface area (Å²) >= 11 is 0. The van der Waals surface area contributed by atoms with Gasteiger partial charge in [-0.15, -0.1) is 0 Å². The fourth-order valence-corrected chi connectivity index (χ4v) is 3.59. The zero-order valence-corrected chi connectivity index (χ0v) is 16.2. The number of aryl methyl sites for hydroxylation is 4. The number of aromatic nitrogens is 5. The van der Waals surface area contributed by atoms with Crippen molar-refractivity contribution in [3.8, 4) is 5.69 Å². The summed E-state index contributed by atoms with van der Waals surface area (Å²) in [4.78, 5) is 17.1. The first-order valence-electron chi connectivity index (χ1n) is 9.51. The molecule has 0 saturated carbocycles. The van der Waals surface area contributed by atoms with Crippen LogP contribution in [0.1, 0.15) is 46.7 Å². The maximum atomic E-state index is 14.6. The molecule has 0 bridgehead atoms. The van der Waals surface area contributed by atoms with Gasteiger partial charge in [-0.25, -0.2) is 18.7 Å². The lowest BCUT2D eigenvalue weighted by molar-refractivity contribution is 0.0925. The lowest BCUT2D eigenvalue weighted by Gasteiger charge is -2.23. The van der Waals surface area contributed by atoms with Crippen molar-refractivity contribution < 1.29 is 9.18 Å². The number of rotatable bonds is 4. The number of nitrogens with zero attached hydrogens (tertiary/aromatic N) is 5. The number of benzene rings is 1. The van der Waals surface area contributed by atoms with E-state index in [9.17, 15) is 9.18 Å². The van der Waals surface area contributed by atoms with Crippen molar-refractivity contribution in [2.45, 2.75) is 52.6 Å². The molecule has 3 heterocycles. The van der Waals surface area contributed by atoms with E-state index in [-0.39, 0.29) is 11.9 Å². The lowest BCUT2D eigenvalue weighted by Crippen LogP contribution is -2.41. The average molecular weight is 382 g/mol. The molecule has 0 fully saturated rings. The van der Waals surface area contributed by atoms with Gasteiger partial charge in [-0.2, -0.15) is 10.2 Å². The highest BCUT2D eigenvalue weighted by atomic mass is 19.1. The number of carbonyl (C=O) groups is 1. The first kappa shape index (κ1) is 18.3. The third kappa shape index (κ3) is 3.42. The van der Waals surface area contributed by atoms with Gasteiger partial charge < -0.3 is 5.32 Å². The minimum atomic E-state index is -0.478. The minimum Gasteiger partial charge on any atom is -0.347 e. The predicted octanol–water partition coefficient (Wildman–Crippen LogP) is 2.53. The van der Waals surface area contributed by atoms with Crippen molar-refractivity contribution in [2.75, 3.05) is 0 Å². The summed E-state index contributed by atoms with van der Waals surface area (Å²) in [5, 5.41) is 11.7. The summed E-state index contributed by atoms with van der Waals surface area (Å²) in [6.07, 6.45) is 2.35. The monoisotopic (exact) mass is 382 g/mol. The highest BCUT2D eigenvalue weighted by molar-refractivity contribution is 5.94. The Balaban J connectivity index is 1.48. The standard InChI is InChI=1S/C20H23FN6O/c1-4-18-23-19-8-6-15(11-26(19)25-18)22-20(28)14-5-7-17(16(21)10-14)27-13(3)9-12(2)24-27/h5,7,9-10,15H,4,6,8,11H2,1-3H3,(H,22,28). The molecule has 2 aromatic heterocycles. The van der Waals surface area contributed by atoms with Crippen LogP contribution >= 0.6 is 0 Å². The van der Waals surface area contributed by atoms with Crippen LogP contribution < -0.4 is 5.32 Å². The number of fused-ring (bicyclic) bond motifs is 1. The molecular weight excluding hydrogens is 359 g/mol. The molecule has 1 atom stereocenters. The first-order valence-corrected chi connectivity index (χ1v) is 9.51. The Morgan fingerprint density at radius 2 is 2.11 bits per heavy atom. The summed E-state index contributed by atoms with van der Waals surface area (Å²) in [5.41, 5.74) is 2.28. The van der Waals surface area contributed by atoms with Gasteiger partial charge in [0, 0.05) is 30.1 Å². The van der Waals surface area contributed by atoms with Crippen LogP contribution in [0.5, 0.6) is 0 Å². The number of hydrogen-bond donors (Lipinski definition) is 1. The topological polar surface area (TPSA) is 77.6 Å². The van der Waals surface area contributed by atoms with Crippen molar-refractivity contribution in [2.24, 2.45) is 0 Å². The Kier molecular flexibility index (Phi) is 4.70. The first-order chi connectivity index (χ1) is 13.4. The van der Waals surface area contributed by atoms with Crippen LogP contribution in [0.2, 0.25) is 0 Å². The van der Waals surface area contributed by atoms with Gasteiger partial charge >= 0.3 is 0 Å². The van der Waals surface area contributed by atoms with Crippen molar-refractivity contribution in [3.05, 3.63) is 58.7 Å². The number of hydrogen-bond acceptors (Lipinski definition) is 4. The molecule has 1 aromatic carbocycles. The van der Waals surface area contributed by atoms with Gasteiger partial charge in [0.1, 0.15) is 17.3 Å². The molecule has 3 aromatic rings. The lowest BCUT2D eigenvalue weighted by atomic mass is 10.1. The zero-order valence-electron chi connectivity index (χ0n) is 16.2. The molecule has 0 aliphatic carbocycles. The highest BCUT2D eigenvalue weighted by Crippen LogP contribution is 2.19. The van der Waals surface area contributed by atoms with Crippen LogP contribution in [0.15, 0.2) is 24.3 Å². The van der Waals surface area contributed by atoms with E-state index < -0.39 is 5.82 Å². The van der Waals surface area contributed by atoms with Crippen LogP contribution in [0, 0.1) is 19.7 Å². The van der Waals surface area contributed by atoms with E-state index in [1.165, 1.54) is 6.07 Å². The fourth-order valence-electron chi connectivity index (χ4n) is 3.59. The van der Waals surface area contributed by atoms with Gasteiger partial charge in [0.15, 0.2) is 5.82 Å². The number of halogens is 1. The van der Waals surface area contributed by atoms with Crippen molar-refractivity contribution in [1.29, 1.82) is 0 Å². The largest absolute Gasteiger partial charge is 0.347 e. The minimum absolute atomic E-state index is 0.0508. The van der Waals surface area contributed by atoms with Crippen molar-refractivity contribution in [1.82, 2.24) is 29.9 Å². The Morgan fingerprint density at radius 3 is 2.79 bits per heavy atom. The second-order valence-corrected chi connectivity index (χ2v) is 7.19. The molecule has 1 N–H and O–H groups in total. The van der Waals surface area contributed by atoms with E-state index in [2.05, 4.69) is 20.5 Å². The zero-order chi connectivity index (χ0) is 19.8. The fraction of sp³-hybridized carbons (Fsp3) is 0.400. The van der Waals surface area contributed by atoms with E-state index in [0.29, 0.717) is 17.8 Å². The Hall–Kier alpha value is -3.03. The van der Waals surface area contributed by atoms with E-state index in [1.54, 1.807) is 16.8 Å². The summed E-state index contributed by atoms with van der Waals surface area (Å²) in [7, 11) is 0. The number of carbonyl (C=O) groups excluding carboxylic acids is 1. The van der Waals surface area contributed by atoms with Crippen LogP contribution in [0.4, 0.5) is 4.39 Å². The van der Waals surface area contributed by atoms with Gasteiger partial charge in [-0.05, 0) is 44.5 Å². The molecule has 0 saturated heterocycles. The predicted molar refractivity (Wildman–Crippen MR) is 102 cm³/mol. The smallest absolute Gasteiger partial charge is 0.251 e. The third-order valence-corrected chi connectivity index (χ3v) is 5.00. The van der Waals surface area contributed by atoms with E-state index in [0.717, 1.165) is 42.3 Å². The van der Waals surface area contributed by atoms with Crippen LogP contribution in [0.25, 0.3) is 5.69 Å². The number of nitrogens with one attached hydrogen (secondary N) is 1. The van der Waals surface area contributed by atoms with Gasteiger partial charge in [-0.1, -0.05) is 6.92 Å². The van der Waals surface area contributed by atoms with Gasteiger partial charge in [0.2, 0.25) is 0 Å². The summed E-state index contributed by atoms with van der Waals surface area (Å²) in [5.74, 6) is 1.02. The Morgan fingerprint density at radius 1 is 1.29 bits per heavy atom. The van der Waals surface area contributed by atoms with Gasteiger partial charge in [0.05, 0.1) is 12.2 Å². The molecule has 1 aliphatic rings. The number of amides is 1. The van der Waals surface area contributed by atoms with Crippen LogP contribution in [0.3, 0.4) is 0 Å².